The molecular formula is C34H30IrN2SSi-2. The predicted molar refractivity (Wildman–Crippen MR) is 165 cm³/mol. The number of fused-ring (bicyclic) bond motifs is 3. The molecule has 5 heteroatoms. The van der Waals surface area contributed by atoms with Crippen LogP contribution in [-0.2, 0) is 20.1 Å². The number of benzene rings is 3. The number of nitrogens with zero attached hydrogens (tertiary/aromatic N) is 2. The van der Waals surface area contributed by atoms with E-state index in [0.29, 0.717) is 0 Å². The third kappa shape index (κ3) is 5.97. The largest absolute Gasteiger partial charge is 0.305 e. The quantitative estimate of drug-likeness (QED) is 0.135. The van der Waals surface area contributed by atoms with Crippen LogP contribution in [0.25, 0.3) is 42.7 Å². The summed E-state index contributed by atoms with van der Waals surface area (Å²) < 4.78 is 2.67. The summed E-state index contributed by atoms with van der Waals surface area (Å²) in [5.41, 5.74) is 5.60. The number of thiophene rings is 1. The van der Waals surface area contributed by atoms with Gasteiger partial charge in [-0.25, -0.2) is 0 Å². The maximum atomic E-state index is 4.55. The standard InChI is InChI=1S/C20H18NSSi.C14H12N.Ir/c1-23(2,3)18-12-11-14(16-9-6-7-13-21-16)20-19(18)15-8-4-5-10-17(15)22-20;1-2-4-12(5-3-1)14-9-8-13(10-15-14)11-6-7-11;/h4-10,12-13H,1-3H3;1-4,8-11H,6-7H2;/q2*-1;. The van der Waals surface area contributed by atoms with Crippen molar-refractivity contribution >= 4 is 44.8 Å². The van der Waals surface area contributed by atoms with E-state index in [9.17, 15) is 0 Å². The van der Waals surface area contributed by atoms with Gasteiger partial charge in [-0.1, -0.05) is 67.5 Å². The van der Waals surface area contributed by atoms with Gasteiger partial charge in [-0.15, -0.1) is 58.8 Å². The summed E-state index contributed by atoms with van der Waals surface area (Å²) in [7, 11) is -1.45. The summed E-state index contributed by atoms with van der Waals surface area (Å²) in [6, 6.07) is 36.0. The molecule has 2 nitrogen and oxygen atoms in total. The molecule has 0 N–H and O–H groups in total. The van der Waals surface area contributed by atoms with Gasteiger partial charge in [0.05, 0.1) is 0 Å². The molecule has 1 aliphatic rings. The van der Waals surface area contributed by atoms with Gasteiger partial charge in [0.2, 0.25) is 0 Å². The van der Waals surface area contributed by atoms with Crippen LogP contribution in [0.15, 0.2) is 97.3 Å². The second-order valence-corrected chi connectivity index (χ2v) is 17.0. The van der Waals surface area contributed by atoms with E-state index >= 15 is 0 Å². The molecule has 0 amide bonds. The summed E-state index contributed by atoms with van der Waals surface area (Å²) in [6.45, 7) is 7.22. The summed E-state index contributed by atoms with van der Waals surface area (Å²) in [5.74, 6) is 0.784. The summed E-state index contributed by atoms with van der Waals surface area (Å²) in [4.78, 5) is 9.03. The molecule has 3 heterocycles. The van der Waals surface area contributed by atoms with Gasteiger partial charge in [-0.3, -0.25) is 0 Å². The van der Waals surface area contributed by atoms with E-state index in [-0.39, 0.29) is 20.1 Å². The van der Waals surface area contributed by atoms with Gasteiger partial charge in [0.15, 0.2) is 0 Å². The zero-order valence-corrected chi connectivity index (χ0v) is 26.6. The average molecular weight is 719 g/mol. The summed E-state index contributed by atoms with van der Waals surface area (Å²) >= 11 is 1.86. The predicted octanol–water partition coefficient (Wildman–Crippen LogP) is 8.89. The minimum atomic E-state index is -1.45. The molecule has 0 bridgehead atoms. The van der Waals surface area contributed by atoms with E-state index in [1.807, 2.05) is 60.1 Å². The fourth-order valence-corrected chi connectivity index (χ4v) is 7.68. The topological polar surface area (TPSA) is 25.8 Å². The Bertz CT molecular complexity index is 1690. The van der Waals surface area contributed by atoms with Crippen LogP contribution in [0.4, 0.5) is 0 Å². The molecule has 0 spiro atoms. The molecule has 197 valence electrons. The van der Waals surface area contributed by atoms with E-state index in [2.05, 4.69) is 90.3 Å². The molecule has 1 radical (unpaired) electrons. The van der Waals surface area contributed by atoms with Crippen molar-refractivity contribution in [1.82, 2.24) is 9.97 Å². The maximum absolute atomic E-state index is 4.55. The Morgan fingerprint density at radius 3 is 2.28 bits per heavy atom. The molecule has 0 saturated heterocycles. The van der Waals surface area contributed by atoms with Crippen molar-refractivity contribution in [2.24, 2.45) is 0 Å². The van der Waals surface area contributed by atoms with Gasteiger partial charge in [-0.2, -0.15) is 11.3 Å². The van der Waals surface area contributed by atoms with Crippen molar-refractivity contribution in [1.29, 1.82) is 0 Å². The minimum absolute atomic E-state index is 0. The van der Waals surface area contributed by atoms with Crippen LogP contribution >= 0.6 is 11.3 Å². The average Bonchev–Trinajstić information content (AvgIpc) is 3.73. The van der Waals surface area contributed by atoms with Crippen molar-refractivity contribution in [3.05, 3.63) is 115 Å². The fraction of sp³-hybridized carbons (Fsp3) is 0.176. The van der Waals surface area contributed by atoms with Crippen LogP contribution in [0.1, 0.15) is 24.3 Å². The van der Waals surface area contributed by atoms with Crippen LogP contribution < -0.4 is 5.19 Å². The zero-order valence-electron chi connectivity index (χ0n) is 22.4. The Morgan fingerprint density at radius 2 is 1.62 bits per heavy atom. The monoisotopic (exact) mass is 719 g/mol. The molecular weight excluding hydrogens is 689 g/mol. The van der Waals surface area contributed by atoms with E-state index in [0.717, 1.165) is 28.4 Å². The molecule has 3 aromatic heterocycles. The first-order valence-electron chi connectivity index (χ1n) is 13.2. The van der Waals surface area contributed by atoms with Crippen LogP contribution in [0.3, 0.4) is 0 Å². The summed E-state index contributed by atoms with van der Waals surface area (Å²) in [6.07, 6.45) is 6.53. The van der Waals surface area contributed by atoms with Crippen LogP contribution in [0.5, 0.6) is 0 Å². The van der Waals surface area contributed by atoms with Crippen molar-refractivity contribution in [2.75, 3.05) is 0 Å². The minimum Gasteiger partial charge on any atom is -0.305 e. The Balaban J connectivity index is 0.000000167. The Kier molecular flexibility index (Phi) is 8.25. The van der Waals surface area contributed by atoms with Gasteiger partial charge >= 0.3 is 0 Å². The summed E-state index contributed by atoms with van der Waals surface area (Å²) in [5, 5.41) is 4.28. The third-order valence-electron chi connectivity index (χ3n) is 7.00. The van der Waals surface area contributed by atoms with Gasteiger partial charge < -0.3 is 9.97 Å². The molecule has 0 unspecified atom stereocenters. The fourth-order valence-electron chi connectivity index (χ4n) is 4.84. The molecule has 1 aliphatic carbocycles. The van der Waals surface area contributed by atoms with E-state index in [4.69, 9.17) is 0 Å². The zero-order chi connectivity index (χ0) is 26.1. The van der Waals surface area contributed by atoms with E-state index in [1.165, 1.54) is 43.8 Å². The Hall–Kier alpha value is -2.95. The molecule has 6 aromatic rings. The van der Waals surface area contributed by atoms with Crippen LogP contribution in [-0.4, -0.2) is 18.0 Å². The molecule has 39 heavy (non-hydrogen) atoms. The number of aromatic nitrogens is 2. The maximum Gasteiger partial charge on any atom is 0.0300 e. The number of hydrogen-bond donors (Lipinski definition) is 0. The Labute approximate surface area is 249 Å². The van der Waals surface area contributed by atoms with E-state index in [1.54, 1.807) is 0 Å². The molecule has 0 atom stereocenters. The second kappa shape index (κ2) is 11.7. The van der Waals surface area contributed by atoms with E-state index < -0.39 is 8.07 Å². The molecule has 1 saturated carbocycles. The van der Waals surface area contributed by atoms with Crippen molar-refractivity contribution in [2.45, 2.75) is 38.4 Å². The third-order valence-corrected chi connectivity index (χ3v) is 10.2. The smallest absolute Gasteiger partial charge is 0.0300 e. The van der Waals surface area contributed by atoms with Crippen molar-refractivity contribution in [3.63, 3.8) is 0 Å². The first-order chi connectivity index (χ1) is 18.5. The van der Waals surface area contributed by atoms with Gasteiger partial charge in [-0.05, 0) is 57.9 Å². The number of hydrogen-bond acceptors (Lipinski definition) is 3. The Morgan fingerprint density at radius 1 is 0.821 bits per heavy atom. The first kappa shape index (κ1) is 27.6. The van der Waals surface area contributed by atoms with Gasteiger partial charge in [0.1, 0.15) is 0 Å². The van der Waals surface area contributed by atoms with Crippen LogP contribution in [0.2, 0.25) is 19.6 Å². The van der Waals surface area contributed by atoms with Gasteiger partial charge in [0.25, 0.3) is 0 Å². The number of pyridine rings is 2. The molecule has 3 aromatic carbocycles. The normalized spacial score (nSPS) is 13.0. The molecule has 7 rings (SSSR count). The molecule has 0 aliphatic heterocycles. The molecule has 1 fully saturated rings. The SMILES string of the molecule is C[Si](C)(C)c1c[c-]c(-c2ccccn2)c2sc3ccccc3c12.[Ir].[c-]1ccccc1-c1ccc(C2CC2)cn1. The van der Waals surface area contributed by atoms with Crippen LogP contribution in [0, 0.1) is 12.1 Å². The second-order valence-electron chi connectivity index (χ2n) is 10.9. The number of rotatable bonds is 4. The van der Waals surface area contributed by atoms with Crippen molar-refractivity contribution < 1.29 is 20.1 Å². The van der Waals surface area contributed by atoms with Gasteiger partial charge in [0, 0.05) is 45.3 Å². The first-order valence-corrected chi connectivity index (χ1v) is 17.5. The van der Waals surface area contributed by atoms with Crippen molar-refractivity contribution in [3.8, 4) is 22.5 Å².